The first-order valence-electron chi connectivity index (χ1n) is 9.81. The fourth-order valence-electron chi connectivity index (χ4n) is 3.34. The Labute approximate surface area is 191 Å². The number of amides is 3. The number of benzene rings is 2. The van der Waals surface area contributed by atoms with Crippen molar-refractivity contribution < 1.29 is 18.4 Å². The molecular weight excluding hydrogens is 460 g/mol. The summed E-state index contributed by atoms with van der Waals surface area (Å²) in [4.78, 5) is 26.5. The highest BCUT2D eigenvalue weighted by atomic mass is 35.5. The van der Waals surface area contributed by atoms with Gasteiger partial charge < -0.3 is 15.5 Å². The van der Waals surface area contributed by atoms with E-state index in [1.54, 1.807) is 11.0 Å². The van der Waals surface area contributed by atoms with Crippen LogP contribution in [0.2, 0.25) is 5.02 Å². The van der Waals surface area contributed by atoms with E-state index < -0.39 is 17.5 Å². The predicted molar refractivity (Wildman–Crippen MR) is 118 cm³/mol. The molecule has 0 atom stereocenters. The molecule has 0 unspecified atom stereocenters. The van der Waals surface area contributed by atoms with E-state index >= 15 is 0 Å². The summed E-state index contributed by atoms with van der Waals surface area (Å²) in [6.45, 7) is 0.976. The number of likely N-dealkylation sites (tertiary alicyclic amines) is 1. The van der Waals surface area contributed by atoms with E-state index in [4.69, 9.17) is 11.6 Å². The van der Waals surface area contributed by atoms with E-state index in [0.717, 1.165) is 11.3 Å². The number of nitrogens with zero attached hydrogens (tertiary/aromatic N) is 3. The van der Waals surface area contributed by atoms with Crippen molar-refractivity contribution in [3.63, 3.8) is 0 Å². The summed E-state index contributed by atoms with van der Waals surface area (Å²) in [5.74, 6) is -1.54. The van der Waals surface area contributed by atoms with Crippen LogP contribution in [0.5, 0.6) is 0 Å². The molecule has 166 valence electrons. The first-order chi connectivity index (χ1) is 15.4. The van der Waals surface area contributed by atoms with Crippen molar-refractivity contribution in [2.24, 2.45) is 0 Å². The smallest absolute Gasteiger partial charge is 0.321 e. The Kier molecular flexibility index (Phi) is 6.61. The number of halogens is 3. The lowest BCUT2D eigenvalue weighted by atomic mass is 9.98. The van der Waals surface area contributed by atoms with E-state index in [2.05, 4.69) is 20.8 Å². The molecule has 11 heteroatoms. The van der Waals surface area contributed by atoms with Crippen LogP contribution in [0.25, 0.3) is 0 Å². The quantitative estimate of drug-likeness (QED) is 0.545. The van der Waals surface area contributed by atoms with Crippen molar-refractivity contribution in [3.05, 3.63) is 69.1 Å². The molecule has 0 aliphatic carbocycles. The molecule has 4 rings (SSSR count). The lowest BCUT2D eigenvalue weighted by Crippen LogP contribution is -2.40. The predicted octanol–water partition coefficient (Wildman–Crippen LogP) is 5.13. The summed E-state index contributed by atoms with van der Waals surface area (Å²) in [7, 11) is 0. The third-order valence-electron chi connectivity index (χ3n) is 5.06. The second-order valence-corrected chi connectivity index (χ2v) is 8.62. The SMILES string of the molecule is O=C(Nc1ccccc1F)c1nnc(C2CCN(C(=O)Nc3ccc(F)c(Cl)c3)CC2)s1. The Hall–Kier alpha value is -3.11. The van der Waals surface area contributed by atoms with Crippen LogP contribution >= 0.6 is 22.9 Å². The highest BCUT2D eigenvalue weighted by Gasteiger charge is 2.27. The number of urea groups is 1. The minimum absolute atomic E-state index is 0.0619. The second kappa shape index (κ2) is 9.58. The van der Waals surface area contributed by atoms with Crippen LogP contribution in [-0.4, -0.2) is 40.1 Å². The minimum Gasteiger partial charge on any atom is -0.324 e. The van der Waals surface area contributed by atoms with E-state index in [-0.39, 0.29) is 27.7 Å². The Morgan fingerprint density at radius 2 is 1.78 bits per heavy atom. The van der Waals surface area contributed by atoms with Crippen LogP contribution in [0.1, 0.15) is 33.6 Å². The number of piperidine rings is 1. The second-order valence-electron chi connectivity index (χ2n) is 7.20. The molecule has 1 aliphatic rings. The number of para-hydroxylation sites is 1. The minimum atomic E-state index is -0.551. The summed E-state index contributed by atoms with van der Waals surface area (Å²) in [5, 5.41) is 14.1. The molecule has 1 aliphatic heterocycles. The highest BCUT2D eigenvalue weighted by Crippen LogP contribution is 2.31. The topological polar surface area (TPSA) is 87.2 Å². The normalized spacial score (nSPS) is 14.3. The van der Waals surface area contributed by atoms with E-state index in [9.17, 15) is 18.4 Å². The van der Waals surface area contributed by atoms with Crippen molar-refractivity contribution in [2.75, 3.05) is 23.7 Å². The zero-order valence-corrected chi connectivity index (χ0v) is 18.2. The maximum atomic E-state index is 13.7. The fourth-order valence-corrected chi connectivity index (χ4v) is 4.42. The molecule has 0 spiro atoms. The average Bonchev–Trinajstić information content (AvgIpc) is 3.28. The molecule has 0 radical (unpaired) electrons. The van der Waals surface area contributed by atoms with Gasteiger partial charge in [0.25, 0.3) is 5.91 Å². The van der Waals surface area contributed by atoms with Crippen LogP contribution in [0, 0.1) is 11.6 Å². The maximum Gasteiger partial charge on any atom is 0.321 e. The first kappa shape index (κ1) is 22.1. The number of hydrogen-bond acceptors (Lipinski definition) is 5. The number of carbonyl (C=O) groups is 2. The summed E-state index contributed by atoms with van der Waals surface area (Å²) in [6.07, 6.45) is 1.31. The van der Waals surface area contributed by atoms with Gasteiger partial charge in [-0.25, -0.2) is 13.6 Å². The summed E-state index contributed by atoms with van der Waals surface area (Å²) >= 11 is 6.91. The van der Waals surface area contributed by atoms with Gasteiger partial charge in [-0.05, 0) is 43.2 Å². The molecule has 2 aromatic carbocycles. The van der Waals surface area contributed by atoms with E-state index in [1.807, 2.05) is 0 Å². The van der Waals surface area contributed by atoms with Crippen molar-refractivity contribution >= 4 is 46.3 Å². The molecule has 1 saturated heterocycles. The summed E-state index contributed by atoms with van der Waals surface area (Å²) in [5.41, 5.74) is 0.495. The Morgan fingerprint density at radius 3 is 2.50 bits per heavy atom. The molecule has 1 aromatic heterocycles. The van der Waals surface area contributed by atoms with E-state index in [0.29, 0.717) is 36.6 Å². The molecule has 3 amide bonds. The standard InChI is InChI=1S/C21H18ClF2N5O2S/c22-14-11-13(5-6-15(14)23)25-21(31)29-9-7-12(8-10-29)19-27-28-20(32-19)18(30)26-17-4-2-1-3-16(17)24/h1-6,11-12H,7-10H2,(H,25,31)(H,26,30). The van der Waals surface area contributed by atoms with Gasteiger partial charge in [0.15, 0.2) is 0 Å². The average molecular weight is 478 g/mol. The van der Waals surface area contributed by atoms with Crippen molar-refractivity contribution in [2.45, 2.75) is 18.8 Å². The number of hydrogen-bond donors (Lipinski definition) is 2. The van der Waals surface area contributed by atoms with Gasteiger partial charge in [0.1, 0.15) is 16.6 Å². The molecule has 0 saturated carbocycles. The molecule has 0 bridgehead atoms. The van der Waals surface area contributed by atoms with Gasteiger partial charge >= 0.3 is 6.03 Å². The molecule has 32 heavy (non-hydrogen) atoms. The molecular formula is C21H18ClF2N5O2S. The zero-order chi connectivity index (χ0) is 22.7. The number of aromatic nitrogens is 2. The summed E-state index contributed by atoms with van der Waals surface area (Å²) in [6, 6.07) is 9.59. The molecule has 3 aromatic rings. The molecule has 2 heterocycles. The Bertz CT molecular complexity index is 1150. The fraction of sp³-hybridized carbons (Fsp3) is 0.238. The van der Waals surface area contributed by atoms with Crippen LogP contribution < -0.4 is 10.6 Å². The molecule has 7 nitrogen and oxygen atoms in total. The van der Waals surface area contributed by atoms with Gasteiger partial charge in [0.2, 0.25) is 5.01 Å². The van der Waals surface area contributed by atoms with Crippen LogP contribution in [0.15, 0.2) is 42.5 Å². The van der Waals surface area contributed by atoms with Crippen LogP contribution in [-0.2, 0) is 0 Å². The molecule has 2 N–H and O–H groups in total. The number of carbonyl (C=O) groups excluding carboxylic acids is 2. The highest BCUT2D eigenvalue weighted by molar-refractivity contribution is 7.13. The van der Waals surface area contributed by atoms with Crippen molar-refractivity contribution in [1.29, 1.82) is 0 Å². The van der Waals surface area contributed by atoms with E-state index in [1.165, 1.54) is 36.4 Å². The lowest BCUT2D eigenvalue weighted by Gasteiger charge is -2.31. The Balaban J connectivity index is 1.32. The van der Waals surface area contributed by atoms with Gasteiger partial charge in [-0.3, -0.25) is 4.79 Å². The van der Waals surface area contributed by atoms with Gasteiger partial charge in [0.05, 0.1) is 10.7 Å². The van der Waals surface area contributed by atoms with Gasteiger partial charge in [0, 0.05) is 24.7 Å². The molecule has 1 fully saturated rings. The third kappa shape index (κ3) is 5.03. The zero-order valence-electron chi connectivity index (χ0n) is 16.6. The number of nitrogens with one attached hydrogen (secondary N) is 2. The van der Waals surface area contributed by atoms with Crippen molar-refractivity contribution in [3.8, 4) is 0 Å². The third-order valence-corrected chi connectivity index (χ3v) is 6.43. The first-order valence-corrected chi connectivity index (χ1v) is 11.0. The monoisotopic (exact) mass is 477 g/mol. The van der Waals surface area contributed by atoms with Crippen molar-refractivity contribution in [1.82, 2.24) is 15.1 Å². The van der Waals surface area contributed by atoms with Crippen LogP contribution in [0.4, 0.5) is 25.0 Å². The number of anilines is 2. The lowest BCUT2D eigenvalue weighted by molar-refractivity contribution is 0.102. The maximum absolute atomic E-state index is 13.7. The van der Waals surface area contributed by atoms with Gasteiger partial charge in [-0.1, -0.05) is 35.1 Å². The van der Waals surface area contributed by atoms with Gasteiger partial charge in [-0.15, -0.1) is 10.2 Å². The Morgan fingerprint density at radius 1 is 1.03 bits per heavy atom. The number of rotatable bonds is 4. The summed E-state index contributed by atoms with van der Waals surface area (Å²) < 4.78 is 27.0. The largest absolute Gasteiger partial charge is 0.324 e. The van der Waals surface area contributed by atoms with Gasteiger partial charge in [-0.2, -0.15) is 0 Å². The van der Waals surface area contributed by atoms with Crippen LogP contribution in [0.3, 0.4) is 0 Å².